The van der Waals surface area contributed by atoms with E-state index in [9.17, 15) is 9.59 Å². The van der Waals surface area contributed by atoms with Gasteiger partial charge in [-0.05, 0) is 64.9 Å². The summed E-state index contributed by atoms with van der Waals surface area (Å²) in [5.74, 6) is 0.0882. The molecule has 1 atom stereocenters. The number of halogens is 1. The highest BCUT2D eigenvalue weighted by molar-refractivity contribution is 9.10. The molecular formula is C24H20BrN3O3. The van der Waals surface area contributed by atoms with Gasteiger partial charge in [0.2, 0.25) is 0 Å². The second-order valence-corrected chi connectivity index (χ2v) is 8.93. The minimum absolute atomic E-state index is 0.0678. The Hall–Kier alpha value is -3.06. The van der Waals surface area contributed by atoms with Gasteiger partial charge >= 0.3 is 5.97 Å². The molecule has 0 unspecified atom stereocenters. The summed E-state index contributed by atoms with van der Waals surface area (Å²) in [5, 5.41) is 0.803. The molecule has 1 aliphatic rings. The smallest absolute Gasteiger partial charge is 0.339 e. The molecule has 1 aliphatic carbocycles. The summed E-state index contributed by atoms with van der Waals surface area (Å²) < 4.78 is 7.90. The van der Waals surface area contributed by atoms with Crippen molar-refractivity contribution in [3.05, 3.63) is 86.0 Å². The number of aromatic nitrogens is 3. The van der Waals surface area contributed by atoms with Crippen LogP contribution in [0.1, 0.15) is 40.7 Å². The van der Waals surface area contributed by atoms with Crippen LogP contribution in [0.4, 0.5) is 0 Å². The number of ether oxygens (including phenoxy) is 1. The van der Waals surface area contributed by atoms with Crippen molar-refractivity contribution >= 4 is 38.4 Å². The normalized spacial score (nSPS) is 15.7. The molecule has 3 heterocycles. The highest BCUT2D eigenvalue weighted by atomic mass is 79.9. The number of rotatable bonds is 3. The van der Waals surface area contributed by atoms with Gasteiger partial charge in [-0.2, -0.15) is 0 Å². The van der Waals surface area contributed by atoms with Gasteiger partial charge in [-0.15, -0.1) is 0 Å². The van der Waals surface area contributed by atoms with Crippen LogP contribution in [0.3, 0.4) is 0 Å². The number of benzene rings is 1. The average Bonchev–Trinajstić information content (AvgIpc) is 2.76. The predicted octanol–water partition coefficient (Wildman–Crippen LogP) is 4.49. The summed E-state index contributed by atoms with van der Waals surface area (Å²) in [6.07, 6.45) is 4.40. The highest BCUT2D eigenvalue weighted by Gasteiger charge is 2.26. The first-order chi connectivity index (χ1) is 15.0. The molecule has 0 spiro atoms. The molecule has 4 aromatic rings. The zero-order valence-corrected chi connectivity index (χ0v) is 18.6. The lowest BCUT2D eigenvalue weighted by Crippen LogP contribution is -2.20. The second-order valence-electron chi connectivity index (χ2n) is 8.01. The highest BCUT2D eigenvalue weighted by Crippen LogP contribution is 2.32. The molecule has 0 saturated heterocycles. The summed E-state index contributed by atoms with van der Waals surface area (Å²) in [4.78, 5) is 34.9. The molecule has 31 heavy (non-hydrogen) atoms. The molecule has 1 aromatic carbocycles. The fraction of sp³-hybridized carbons (Fsp3) is 0.250. The Balaban J connectivity index is 1.50. The van der Waals surface area contributed by atoms with Gasteiger partial charge < -0.3 is 4.74 Å². The van der Waals surface area contributed by atoms with Crippen LogP contribution in [0.25, 0.3) is 16.6 Å². The Morgan fingerprint density at radius 3 is 2.94 bits per heavy atom. The molecule has 6 nitrogen and oxygen atoms in total. The van der Waals surface area contributed by atoms with Gasteiger partial charge in [0.25, 0.3) is 5.56 Å². The molecule has 5 rings (SSSR count). The number of para-hydroxylation sites is 1. The number of carbonyl (C=O) groups excluding carboxylic acids is 1. The van der Waals surface area contributed by atoms with Crippen LogP contribution in [-0.2, 0) is 24.2 Å². The van der Waals surface area contributed by atoms with E-state index in [0.29, 0.717) is 22.8 Å². The molecule has 156 valence electrons. The Kier molecular flexibility index (Phi) is 5.06. The average molecular weight is 478 g/mol. The maximum absolute atomic E-state index is 13.2. The van der Waals surface area contributed by atoms with E-state index in [1.807, 2.05) is 30.3 Å². The van der Waals surface area contributed by atoms with Crippen molar-refractivity contribution < 1.29 is 9.53 Å². The number of esters is 1. The van der Waals surface area contributed by atoms with Gasteiger partial charge in [-0.25, -0.2) is 9.78 Å². The van der Waals surface area contributed by atoms with Gasteiger partial charge in [0, 0.05) is 27.8 Å². The first-order valence-electron chi connectivity index (χ1n) is 10.2. The molecule has 0 bridgehead atoms. The number of carbonyl (C=O) groups is 1. The Labute approximate surface area is 187 Å². The van der Waals surface area contributed by atoms with E-state index in [-0.39, 0.29) is 12.2 Å². The van der Waals surface area contributed by atoms with Gasteiger partial charge in [0.15, 0.2) is 0 Å². The summed E-state index contributed by atoms with van der Waals surface area (Å²) >= 11 is 3.35. The molecule has 0 aliphatic heterocycles. The number of fused-ring (bicyclic) bond motifs is 3. The van der Waals surface area contributed by atoms with Crippen LogP contribution in [0.15, 0.2) is 57.9 Å². The van der Waals surface area contributed by atoms with E-state index < -0.39 is 5.97 Å². The van der Waals surface area contributed by atoms with Crippen molar-refractivity contribution in [3.63, 3.8) is 0 Å². The fourth-order valence-corrected chi connectivity index (χ4v) is 4.54. The predicted molar refractivity (Wildman–Crippen MR) is 121 cm³/mol. The standard InChI is InChI=1S/C24H20BrN3O3/c1-14-6-8-20-18(10-14)23(17-4-2-3-5-19(17)27-20)24(30)31-13-16-11-22(29)28-12-15(25)7-9-21(28)26-16/h2-5,7,9,11-12,14H,6,8,10,13H2,1H3/t14-/m1/s1. The van der Waals surface area contributed by atoms with Crippen molar-refractivity contribution in [3.8, 4) is 0 Å². The van der Waals surface area contributed by atoms with Crippen molar-refractivity contribution in [2.24, 2.45) is 5.92 Å². The number of pyridine rings is 2. The second kappa shape index (κ2) is 7.89. The van der Waals surface area contributed by atoms with E-state index >= 15 is 0 Å². The largest absolute Gasteiger partial charge is 0.456 e. The third-order valence-corrected chi connectivity index (χ3v) is 6.21. The van der Waals surface area contributed by atoms with E-state index in [1.54, 1.807) is 12.3 Å². The maximum Gasteiger partial charge on any atom is 0.339 e. The van der Waals surface area contributed by atoms with E-state index in [0.717, 1.165) is 45.9 Å². The molecule has 0 amide bonds. The van der Waals surface area contributed by atoms with Crippen molar-refractivity contribution in [1.82, 2.24) is 14.4 Å². The quantitative estimate of drug-likeness (QED) is 0.406. The monoisotopic (exact) mass is 477 g/mol. The van der Waals surface area contributed by atoms with E-state index in [1.165, 1.54) is 10.5 Å². The minimum Gasteiger partial charge on any atom is -0.456 e. The molecule has 0 saturated carbocycles. The fourth-order valence-electron chi connectivity index (χ4n) is 4.21. The molecule has 7 heteroatoms. The number of hydrogen-bond donors (Lipinski definition) is 0. The van der Waals surface area contributed by atoms with Crippen molar-refractivity contribution in [2.45, 2.75) is 32.8 Å². The summed E-state index contributed by atoms with van der Waals surface area (Å²) in [6, 6.07) is 12.6. The number of nitrogens with zero attached hydrogens (tertiary/aromatic N) is 3. The van der Waals surface area contributed by atoms with Crippen LogP contribution in [0.2, 0.25) is 0 Å². The lowest BCUT2D eigenvalue weighted by atomic mass is 9.84. The van der Waals surface area contributed by atoms with Crippen LogP contribution < -0.4 is 5.56 Å². The van der Waals surface area contributed by atoms with Crippen molar-refractivity contribution in [2.75, 3.05) is 0 Å². The molecule has 0 fully saturated rings. The van der Waals surface area contributed by atoms with Crippen molar-refractivity contribution in [1.29, 1.82) is 0 Å². The lowest BCUT2D eigenvalue weighted by molar-refractivity contribution is 0.0468. The summed E-state index contributed by atoms with van der Waals surface area (Å²) in [7, 11) is 0. The molecule has 0 N–H and O–H groups in total. The van der Waals surface area contributed by atoms with Crippen LogP contribution in [-0.4, -0.2) is 20.3 Å². The SMILES string of the molecule is C[C@@H]1CCc2nc3ccccc3c(C(=O)OCc3cc(=O)n4cc(Br)ccc4n3)c2C1. The minimum atomic E-state index is -0.401. The molecule has 3 aromatic heterocycles. The van der Waals surface area contributed by atoms with E-state index in [4.69, 9.17) is 9.72 Å². The van der Waals surface area contributed by atoms with Crippen LogP contribution in [0, 0.1) is 5.92 Å². The van der Waals surface area contributed by atoms with Gasteiger partial charge in [-0.1, -0.05) is 25.1 Å². The third-order valence-electron chi connectivity index (χ3n) is 5.74. The number of hydrogen-bond acceptors (Lipinski definition) is 5. The first kappa shape index (κ1) is 19.9. The summed E-state index contributed by atoms with van der Waals surface area (Å²) in [6.45, 7) is 2.12. The Bertz CT molecular complexity index is 1400. The summed E-state index contributed by atoms with van der Waals surface area (Å²) in [5.41, 5.74) is 4.06. The van der Waals surface area contributed by atoms with Crippen LogP contribution >= 0.6 is 15.9 Å². The van der Waals surface area contributed by atoms with Crippen LogP contribution in [0.5, 0.6) is 0 Å². The zero-order chi connectivity index (χ0) is 21.5. The first-order valence-corrected chi connectivity index (χ1v) is 11.0. The van der Waals surface area contributed by atoms with E-state index in [2.05, 4.69) is 27.8 Å². The molecular weight excluding hydrogens is 458 g/mol. The van der Waals surface area contributed by atoms with Gasteiger partial charge in [0.1, 0.15) is 12.3 Å². The van der Waals surface area contributed by atoms with Gasteiger partial charge in [-0.3, -0.25) is 14.2 Å². The maximum atomic E-state index is 13.2. The Morgan fingerprint density at radius 2 is 2.06 bits per heavy atom. The zero-order valence-electron chi connectivity index (χ0n) is 17.0. The van der Waals surface area contributed by atoms with Gasteiger partial charge in [0.05, 0.1) is 16.8 Å². The lowest BCUT2D eigenvalue weighted by Gasteiger charge is -2.24. The number of aryl methyl sites for hydroxylation is 1. The third kappa shape index (κ3) is 3.74. The molecule has 0 radical (unpaired) electrons. The Morgan fingerprint density at radius 1 is 1.23 bits per heavy atom. The topological polar surface area (TPSA) is 73.6 Å².